The Balaban J connectivity index is 1.92. The van der Waals surface area contributed by atoms with E-state index in [-0.39, 0.29) is 5.75 Å². The van der Waals surface area contributed by atoms with Crippen LogP contribution >= 0.6 is 0 Å². The van der Waals surface area contributed by atoms with Crippen LogP contribution in [0.1, 0.15) is 22.9 Å². The molecule has 1 aromatic carbocycles. The zero-order valence-corrected chi connectivity index (χ0v) is 11.4. The van der Waals surface area contributed by atoms with Crippen molar-refractivity contribution in [1.82, 2.24) is 10.3 Å². The molecule has 2 N–H and O–H groups in total. The average Bonchev–Trinajstić information content (AvgIpc) is 2.70. The number of nitrogens with zero attached hydrogens (tertiary/aromatic N) is 1. The molecule has 0 atom stereocenters. The third kappa shape index (κ3) is 3.26. The van der Waals surface area contributed by atoms with E-state index in [0.29, 0.717) is 24.7 Å². The number of aryl methyl sites for hydroxylation is 2. The van der Waals surface area contributed by atoms with Gasteiger partial charge in [0.2, 0.25) is 5.89 Å². The molecule has 19 heavy (non-hydrogen) atoms. The fraction of sp³-hybridized carbons (Fsp3) is 0.357. The van der Waals surface area contributed by atoms with E-state index in [1.54, 1.807) is 13.2 Å². The van der Waals surface area contributed by atoms with Crippen molar-refractivity contribution in [3.8, 4) is 11.5 Å². The van der Waals surface area contributed by atoms with Crippen molar-refractivity contribution in [2.45, 2.75) is 26.9 Å². The highest BCUT2D eigenvalue weighted by Crippen LogP contribution is 2.23. The molecule has 0 saturated heterocycles. The van der Waals surface area contributed by atoms with Gasteiger partial charge in [-0.05, 0) is 19.9 Å². The first-order chi connectivity index (χ1) is 9.10. The summed E-state index contributed by atoms with van der Waals surface area (Å²) in [7, 11) is 1.57. The number of oxazole rings is 1. The van der Waals surface area contributed by atoms with E-state index < -0.39 is 0 Å². The fourth-order valence-electron chi connectivity index (χ4n) is 1.74. The van der Waals surface area contributed by atoms with E-state index in [1.165, 1.54) is 0 Å². The van der Waals surface area contributed by atoms with Gasteiger partial charge in [0.1, 0.15) is 17.3 Å². The number of ether oxygens (including phenoxy) is 1. The van der Waals surface area contributed by atoms with E-state index in [2.05, 4.69) is 10.3 Å². The molecule has 2 aromatic rings. The highest BCUT2D eigenvalue weighted by molar-refractivity contribution is 5.39. The summed E-state index contributed by atoms with van der Waals surface area (Å²) in [6, 6.07) is 5.24. The second-order valence-electron chi connectivity index (χ2n) is 4.35. The lowest BCUT2D eigenvalue weighted by Gasteiger charge is -2.07. The topological polar surface area (TPSA) is 67.5 Å². The Kier molecular flexibility index (Phi) is 4.06. The van der Waals surface area contributed by atoms with Crippen LogP contribution in [0.5, 0.6) is 11.5 Å². The van der Waals surface area contributed by atoms with Gasteiger partial charge in [-0.1, -0.05) is 6.07 Å². The maximum absolute atomic E-state index is 9.81. The van der Waals surface area contributed by atoms with Gasteiger partial charge in [0.25, 0.3) is 0 Å². The third-order valence-corrected chi connectivity index (χ3v) is 2.96. The van der Waals surface area contributed by atoms with Crippen molar-refractivity contribution >= 4 is 0 Å². The molecule has 1 heterocycles. The predicted octanol–water partition coefficient (Wildman–Crippen LogP) is 2.30. The number of nitrogens with one attached hydrogen (secondary N) is 1. The number of aromatic hydroxyl groups is 1. The van der Waals surface area contributed by atoms with E-state index in [1.807, 2.05) is 26.0 Å². The third-order valence-electron chi connectivity index (χ3n) is 2.96. The van der Waals surface area contributed by atoms with E-state index >= 15 is 0 Å². The van der Waals surface area contributed by atoms with Crippen LogP contribution in [0.3, 0.4) is 0 Å². The molecule has 0 spiro atoms. The van der Waals surface area contributed by atoms with Gasteiger partial charge in [-0.15, -0.1) is 0 Å². The van der Waals surface area contributed by atoms with Crippen LogP contribution in [0.4, 0.5) is 0 Å². The minimum Gasteiger partial charge on any atom is -0.507 e. The van der Waals surface area contributed by atoms with Crippen molar-refractivity contribution in [2.24, 2.45) is 0 Å². The Bertz CT molecular complexity index is 544. The molecule has 1 aromatic heterocycles. The molecule has 5 nitrogen and oxygen atoms in total. The van der Waals surface area contributed by atoms with Gasteiger partial charge in [-0.3, -0.25) is 0 Å². The Hall–Kier alpha value is -2.01. The van der Waals surface area contributed by atoms with Gasteiger partial charge in [0, 0.05) is 18.2 Å². The van der Waals surface area contributed by atoms with Crippen LogP contribution < -0.4 is 10.1 Å². The van der Waals surface area contributed by atoms with Crippen molar-refractivity contribution < 1.29 is 14.3 Å². The van der Waals surface area contributed by atoms with Crippen molar-refractivity contribution in [1.29, 1.82) is 0 Å². The smallest absolute Gasteiger partial charge is 0.208 e. The average molecular weight is 262 g/mol. The summed E-state index contributed by atoms with van der Waals surface area (Å²) in [6.07, 6.45) is 0. The SMILES string of the molecule is COc1ccc(CNCc2nc(C)c(C)o2)c(O)c1. The van der Waals surface area contributed by atoms with E-state index in [9.17, 15) is 5.11 Å². The second-order valence-corrected chi connectivity index (χ2v) is 4.35. The summed E-state index contributed by atoms with van der Waals surface area (Å²) >= 11 is 0. The van der Waals surface area contributed by atoms with Crippen LogP contribution in [0.15, 0.2) is 22.6 Å². The summed E-state index contributed by atoms with van der Waals surface area (Å²) in [5, 5.41) is 13.0. The van der Waals surface area contributed by atoms with Crippen molar-refractivity contribution in [3.63, 3.8) is 0 Å². The predicted molar refractivity (Wildman–Crippen MR) is 71.2 cm³/mol. The highest BCUT2D eigenvalue weighted by Gasteiger charge is 2.06. The molecule has 0 amide bonds. The normalized spacial score (nSPS) is 10.7. The molecule has 0 aliphatic carbocycles. The zero-order chi connectivity index (χ0) is 13.8. The quantitative estimate of drug-likeness (QED) is 0.865. The molecule has 0 saturated carbocycles. The van der Waals surface area contributed by atoms with Crippen LogP contribution in [-0.2, 0) is 13.1 Å². The molecule has 0 unspecified atom stereocenters. The first-order valence-corrected chi connectivity index (χ1v) is 6.09. The lowest BCUT2D eigenvalue weighted by Crippen LogP contribution is -2.13. The molecule has 0 bridgehead atoms. The van der Waals surface area contributed by atoms with Gasteiger partial charge in [0.05, 0.1) is 19.3 Å². The van der Waals surface area contributed by atoms with Gasteiger partial charge >= 0.3 is 0 Å². The molecule has 0 aliphatic rings. The summed E-state index contributed by atoms with van der Waals surface area (Å²) in [5.74, 6) is 2.35. The molecular weight excluding hydrogens is 244 g/mol. The highest BCUT2D eigenvalue weighted by atomic mass is 16.5. The van der Waals surface area contributed by atoms with Crippen LogP contribution in [-0.4, -0.2) is 17.2 Å². The van der Waals surface area contributed by atoms with Crippen molar-refractivity contribution in [3.05, 3.63) is 41.1 Å². The van der Waals surface area contributed by atoms with Crippen LogP contribution in [0.25, 0.3) is 0 Å². The minimum absolute atomic E-state index is 0.214. The number of phenols is 1. The summed E-state index contributed by atoms with van der Waals surface area (Å²) < 4.78 is 10.5. The number of hydrogen-bond acceptors (Lipinski definition) is 5. The van der Waals surface area contributed by atoms with Gasteiger partial charge < -0.3 is 19.6 Å². The zero-order valence-electron chi connectivity index (χ0n) is 11.4. The van der Waals surface area contributed by atoms with Gasteiger partial charge in [-0.2, -0.15) is 0 Å². The maximum Gasteiger partial charge on any atom is 0.208 e. The largest absolute Gasteiger partial charge is 0.507 e. The van der Waals surface area contributed by atoms with E-state index in [0.717, 1.165) is 17.0 Å². The Morgan fingerprint density at radius 2 is 2.11 bits per heavy atom. The summed E-state index contributed by atoms with van der Waals surface area (Å²) in [6.45, 7) is 4.87. The molecule has 0 aliphatic heterocycles. The number of aromatic nitrogens is 1. The van der Waals surface area contributed by atoms with E-state index in [4.69, 9.17) is 9.15 Å². The van der Waals surface area contributed by atoms with Crippen LogP contribution in [0, 0.1) is 13.8 Å². The number of benzene rings is 1. The molecule has 5 heteroatoms. The Morgan fingerprint density at radius 1 is 1.32 bits per heavy atom. The minimum atomic E-state index is 0.214. The summed E-state index contributed by atoms with van der Waals surface area (Å²) in [4.78, 5) is 4.28. The Morgan fingerprint density at radius 3 is 2.68 bits per heavy atom. The number of hydrogen-bond donors (Lipinski definition) is 2. The molecular formula is C14H18N2O3. The molecule has 0 radical (unpaired) electrons. The van der Waals surface area contributed by atoms with Crippen LogP contribution in [0.2, 0.25) is 0 Å². The molecule has 102 valence electrons. The summed E-state index contributed by atoms with van der Waals surface area (Å²) in [5.41, 5.74) is 1.71. The first kappa shape index (κ1) is 13.4. The number of phenolic OH excluding ortho intramolecular Hbond substituents is 1. The number of methoxy groups -OCH3 is 1. The number of rotatable bonds is 5. The second kappa shape index (κ2) is 5.75. The van der Waals surface area contributed by atoms with Gasteiger partial charge in [-0.25, -0.2) is 4.98 Å². The monoisotopic (exact) mass is 262 g/mol. The Labute approximate surface area is 112 Å². The maximum atomic E-state index is 9.81. The van der Waals surface area contributed by atoms with Gasteiger partial charge in [0.15, 0.2) is 0 Å². The lowest BCUT2D eigenvalue weighted by molar-refractivity contribution is 0.405. The lowest BCUT2D eigenvalue weighted by atomic mass is 10.2. The fourth-order valence-corrected chi connectivity index (χ4v) is 1.74. The first-order valence-electron chi connectivity index (χ1n) is 6.09. The standard InChI is InChI=1S/C14H18N2O3/c1-9-10(2)19-14(16-9)8-15-7-11-4-5-12(18-3)6-13(11)17/h4-6,15,17H,7-8H2,1-3H3. The molecule has 0 fully saturated rings. The van der Waals surface area contributed by atoms with Crippen molar-refractivity contribution in [2.75, 3.05) is 7.11 Å². The molecule has 2 rings (SSSR count).